The highest BCUT2D eigenvalue weighted by Crippen LogP contribution is 2.49. The van der Waals surface area contributed by atoms with E-state index in [2.05, 4.69) is 44.6 Å². The Balaban J connectivity index is 1.88. The van der Waals surface area contributed by atoms with Gasteiger partial charge in [0.05, 0.1) is 23.4 Å². The van der Waals surface area contributed by atoms with Crippen molar-refractivity contribution in [2.75, 3.05) is 11.4 Å². The molecule has 1 aliphatic heterocycles. The van der Waals surface area contributed by atoms with Crippen LogP contribution in [-0.2, 0) is 22.7 Å². The van der Waals surface area contributed by atoms with Crippen LogP contribution in [0.3, 0.4) is 0 Å². The van der Waals surface area contributed by atoms with E-state index in [-0.39, 0.29) is 6.61 Å². The molecule has 2 aromatic heterocycles. The summed E-state index contributed by atoms with van der Waals surface area (Å²) in [5.41, 5.74) is 7.36. The Morgan fingerprint density at radius 2 is 1.74 bits per heavy atom. The van der Waals surface area contributed by atoms with Gasteiger partial charge in [0.15, 0.2) is 6.10 Å². The molecular formula is C30H34N4O4. The minimum absolute atomic E-state index is 0.134. The zero-order valence-electron chi connectivity index (χ0n) is 22.7. The number of rotatable bonds is 6. The third-order valence-electron chi connectivity index (χ3n) is 7.06. The minimum Gasteiger partial charge on any atom is -0.479 e. The second kappa shape index (κ2) is 9.53. The number of anilines is 2. The Morgan fingerprint density at radius 1 is 1.08 bits per heavy atom. The van der Waals surface area contributed by atoms with Crippen molar-refractivity contribution in [3.8, 4) is 11.1 Å². The average molecular weight is 515 g/mol. The number of aliphatic hydroxyl groups is 1. The average Bonchev–Trinajstić information content (AvgIpc) is 3.21. The van der Waals surface area contributed by atoms with Crippen LogP contribution < -0.4 is 4.90 Å². The second-order valence-corrected chi connectivity index (χ2v) is 11.0. The van der Waals surface area contributed by atoms with Crippen molar-refractivity contribution in [1.29, 1.82) is 0 Å². The lowest BCUT2D eigenvalue weighted by molar-refractivity contribution is -0.160. The van der Waals surface area contributed by atoms with E-state index < -0.39 is 17.7 Å². The quantitative estimate of drug-likeness (QED) is 0.345. The van der Waals surface area contributed by atoms with Gasteiger partial charge < -0.3 is 24.4 Å². The molecule has 2 aromatic carbocycles. The van der Waals surface area contributed by atoms with Gasteiger partial charge in [-0.1, -0.05) is 29.8 Å². The predicted octanol–water partition coefficient (Wildman–Crippen LogP) is 5.61. The Bertz CT molecular complexity index is 1520. The molecule has 1 aliphatic rings. The number of benzene rings is 2. The van der Waals surface area contributed by atoms with Crippen LogP contribution in [0, 0.1) is 20.8 Å². The highest BCUT2D eigenvalue weighted by Gasteiger charge is 2.36. The molecule has 0 amide bonds. The summed E-state index contributed by atoms with van der Waals surface area (Å²) in [6.07, 6.45) is 2.06. The van der Waals surface area contributed by atoms with Gasteiger partial charge in [-0.05, 0) is 64.3 Å². The van der Waals surface area contributed by atoms with Crippen LogP contribution in [0.2, 0.25) is 0 Å². The number of hydrogen-bond donors (Lipinski definition) is 2. The number of ether oxygens (including phenoxy) is 1. The third kappa shape index (κ3) is 4.44. The van der Waals surface area contributed by atoms with E-state index >= 15 is 0 Å². The zero-order chi connectivity index (χ0) is 27.4. The summed E-state index contributed by atoms with van der Waals surface area (Å²) in [7, 11) is 0. The second-order valence-electron chi connectivity index (χ2n) is 11.0. The number of carboxylic acids is 1. The van der Waals surface area contributed by atoms with Gasteiger partial charge in [-0.3, -0.25) is 0 Å². The molecule has 2 N–H and O–H groups in total. The summed E-state index contributed by atoms with van der Waals surface area (Å²) < 4.78 is 8.53. The smallest absolute Gasteiger partial charge is 0.337 e. The highest BCUT2D eigenvalue weighted by atomic mass is 16.5. The summed E-state index contributed by atoms with van der Waals surface area (Å²) in [4.78, 5) is 23.9. The molecule has 0 radical (unpaired) electrons. The van der Waals surface area contributed by atoms with Gasteiger partial charge in [0.1, 0.15) is 0 Å². The zero-order valence-corrected chi connectivity index (χ0v) is 22.7. The van der Waals surface area contributed by atoms with Gasteiger partial charge in [0.2, 0.25) is 5.95 Å². The summed E-state index contributed by atoms with van der Waals surface area (Å²) in [6.45, 7) is 12.9. The first-order chi connectivity index (χ1) is 18.0. The molecule has 0 fully saturated rings. The fourth-order valence-electron chi connectivity index (χ4n) is 5.41. The van der Waals surface area contributed by atoms with E-state index in [1.807, 2.05) is 46.8 Å². The van der Waals surface area contributed by atoms with E-state index in [0.717, 1.165) is 51.1 Å². The Kier molecular flexibility index (Phi) is 6.49. The number of aromatic nitrogens is 3. The van der Waals surface area contributed by atoms with Crippen molar-refractivity contribution in [3.63, 3.8) is 0 Å². The Hall–Kier alpha value is -3.75. The molecule has 0 saturated carbocycles. The number of aliphatic carboxylic acids is 1. The third-order valence-corrected chi connectivity index (χ3v) is 7.06. The number of aryl methyl sites for hydroxylation is 2. The standard InChI is InChI=1S/C30H34N4O4/c1-17-7-9-21(10-8-17)24-22-13-18(2)33-11-12-34(29-31-14-20(16-35)15-32-29)25(26(22)33)19(3)23(24)27(28(36)37)38-30(4,5)6/h7-10,13-15,27,35H,11-12,16H2,1-6H3,(H,36,37)/t27-/m0/s1. The Labute approximate surface area is 222 Å². The molecule has 0 unspecified atom stereocenters. The topological polar surface area (TPSA) is 101 Å². The van der Waals surface area contributed by atoms with Crippen LogP contribution in [0.25, 0.3) is 22.0 Å². The van der Waals surface area contributed by atoms with Gasteiger partial charge in [-0.2, -0.15) is 0 Å². The van der Waals surface area contributed by atoms with Crippen LogP contribution in [0.15, 0.2) is 42.7 Å². The van der Waals surface area contributed by atoms with Crippen LogP contribution in [0.1, 0.15) is 54.8 Å². The number of carbonyl (C=O) groups is 1. The maximum absolute atomic E-state index is 12.8. The molecule has 38 heavy (non-hydrogen) atoms. The van der Waals surface area contributed by atoms with Crippen LogP contribution >= 0.6 is 0 Å². The highest BCUT2D eigenvalue weighted by molar-refractivity contribution is 6.08. The molecule has 0 bridgehead atoms. The molecule has 4 aromatic rings. The summed E-state index contributed by atoms with van der Waals surface area (Å²) >= 11 is 0. The van der Waals surface area contributed by atoms with Gasteiger partial charge in [0, 0.05) is 47.7 Å². The molecule has 1 atom stereocenters. The Morgan fingerprint density at radius 3 is 2.32 bits per heavy atom. The van der Waals surface area contributed by atoms with E-state index in [0.29, 0.717) is 23.6 Å². The molecule has 8 nitrogen and oxygen atoms in total. The first kappa shape index (κ1) is 25.9. The van der Waals surface area contributed by atoms with Gasteiger partial charge in [-0.15, -0.1) is 0 Å². The number of carboxylic acid groups (broad SMARTS) is 1. The summed E-state index contributed by atoms with van der Waals surface area (Å²) in [6, 6.07) is 10.3. The fraction of sp³-hybridized carbons (Fsp3) is 0.367. The molecule has 3 heterocycles. The molecule has 0 spiro atoms. The van der Waals surface area contributed by atoms with E-state index in [1.165, 1.54) is 0 Å². The van der Waals surface area contributed by atoms with Gasteiger partial charge in [-0.25, -0.2) is 14.8 Å². The molecular weight excluding hydrogens is 480 g/mol. The lowest BCUT2D eigenvalue weighted by Gasteiger charge is -2.35. The van der Waals surface area contributed by atoms with Crippen molar-refractivity contribution >= 4 is 28.5 Å². The van der Waals surface area contributed by atoms with Crippen molar-refractivity contribution < 1.29 is 19.7 Å². The normalized spacial score (nSPS) is 14.2. The number of aliphatic hydroxyl groups excluding tert-OH is 1. The summed E-state index contributed by atoms with van der Waals surface area (Å²) in [5, 5.41) is 20.9. The number of nitrogens with zero attached hydrogens (tertiary/aromatic N) is 4. The predicted molar refractivity (Wildman–Crippen MR) is 148 cm³/mol. The SMILES string of the molecule is Cc1ccc(-c2c([C@H](OC(C)(C)C)C(=O)O)c(C)c3c4c2cc(C)n4CCN3c2ncc(CO)cn2)cc1. The molecule has 198 valence electrons. The van der Waals surface area contributed by atoms with E-state index in [9.17, 15) is 15.0 Å². The van der Waals surface area contributed by atoms with Gasteiger partial charge in [0.25, 0.3) is 0 Å². The van der Waals surface area contributed by atoms with Crippen LogP contribution in [0.4, 0.5) is 11.6 Å². The fourth-order valence-corrected chi connectivity index (χ4v) is 5.41. The maximum Gasteiger partial charge on any atom is 0.337 e. The first-order valence-corrected chi connectivity index (χ1v) is 12.8. The van der Waals surface area contributed by atoms with E-state index in [4.69, 9.17) is 4.74 Å². The van der Waals surface area contributed by atoms with Crippen LogP contribution in [0.5, 0.6) is 0 Å². The molecule has 0 aliphatic carbocycles. The van der Waals surface area contributed by atoms with Crippen molar-refractivity contribution in [1.82, 2.24) is 14.5 Å². The van der Waals surface area contributed by atoms with Crippen molar-refractivity contribution in [2.45, 2.75) is 66.4 Å². The maximum atomic E-state index is 12.8. The summed E-state index contributed by atoms with van der Waals surface area (Å²) in [5.74, 6) is -0.528. The lowest BCUT2D eigenvalue weighted by atomic mass is 9.87. The minimum atomic E-state index is -1.18. The lowest BCUT2D eigenvalue weighted by Crippen LogP contribution is -2.32. The molecule has 8 heteroatoms. The van der Waals surface area contributed by atoms with Crippen molar-refractivity contribution in [3.05, 3.63) is 70.7 Å². The number of hydrogen-bond acceptors (Lipinski definition) is 6. The van der Waals surface area contributed by atoms with Gasteiger partial charge >= 0.3 is 5.97 Å². The first-order valence-electron chi connectivity index (χ1n) is 12.8. The van der Waals surface area contributed by atoms with E-state index in [1.54, 1.807) is 12.4 Å². The largest absolute Gasteiger partial charge is 0.479 e. The molecule has 5 rings (SSSR count). The monoisotopic (exact) mass is 514 g/mol. The molecule has 0 saturated heterocycles. The van der Waals surface area contributed by atoms with Crippen LogP contribution in [-0.4, -0.2) is 42.9 Å². The van der Waals surface area contributed by atoms with Crippen molar-refractivity contribution in [2.24, 2.45) is 0 Å².